The van der Waals surface area contributed by atoms with Gasteiger partial charge in [0.05, 0.1) is 7.11 Å². The maximum Gasteiger partial charge on any atom is 0.197 e. The van der Waals surface area contributed by atoms with E-state index in [4.69, 9.17) is 14.3 Å². The standard InChI is InChI=1S/C28H36O6/c1-33-25-19-26-27(23(31)18-24(34-26)20-13-15-21(30)16-14-20)28(32)22(25)12-10-8-6-4-2-3-5-7-9-11-17-29/h13-16,18-19,29-30,32H,2-12,17H2,1H3. The fraction of sp³-hybridized carbons (Fsp3) is 0.464. The normalized spacial score (nSPS) is 11.2. The number of hydrogen-bond donors (Lipinski definition) is 3. The van der Waals surface area contributed by atoms with Crippen LogP contribution in [-0.2, 0) is 6.42 Å². The molecule has 3 rings (SSSR count). The number of phenols is 2. The lowest BCUT2D eigenvalue weighted by Crippen LogP contribution is -2.04. The number of benzene rings is 2. The highest BCUT2D eigenvalue weighted by Crippen LogP contribution is 2.37. The predicted molar refractivity (Wildman–Crippen MR) is 135 cm³/mol. The summed E-state index contributed by atoms with van der Waals surface area (Å²) in [6.07, 6.45) is 11.9. The molecule has 0 radical (unpaired) electrons. The third-order valence-electron chi connectivity index (χ3n) is 6.26. The minimum absolute atomic E-state index is 0.0664. The summed E-state index contributed by atoms with van der Waals surface area (Å²) < 4.78 is 11.4. The Morgan fingerprint density at radius 2 is 1.41 bits per heavy atom. The first-order valence-electron chi connectivity index (χ1n) is 12.3. The van der Waals surface area contributed by atoms with Crippen molar-refractivity contribution in [1.29, 1.82) is 0 Å². The second kappa shape index (κ2) is 13.0. The molecule has 3 aromatic rings. The van der Waals surface area contributed by atoms with E-state index in [0.717, 1.165) is 32.1 Å². The monoisotopic (exact) mass is 468 g/mol. The van der Waals surface area contributed by atoms with E-state index < -0.39 is 0 Å². The molecule has 0 aliphatic carbocycles. The van der Waals surface area contributed by atoms with Crippen LogP contribution in [0.25, 0.3) is 22.3 Å². The van der Waals surface area contributed by atoms with Crippen LogP contribution in [0.1, 0.15) is 69.8 Å². The zero-order valence-electron chi connectivity index (χ0n) is 20.0. The zero-order valence-corrected chi connectivity index (χ0v) is 20.0. The summed E-state index contributed by atoms with van der Waals surface area (Å²) in [7, 11) is 1.55. The molecule has 6 nitrogen and oxygen atoms in total. The summed E-state index contributed by atoms with van der Waals surface area (Å²) in [6.45, 7) is 0.295. The first-order chi connectivity index (χ1) is 16.5. The van der Waals surface area contributed by atoms with Crippen LogP contribution in [0.15, 0.2) is 45.6 Å². The summed E-state index contributed by atoms with van der Waals surface area (Å²) in [5.41, 5.74) is 1.26. The molecule has 0 atom stereocenters. The van der Waals surface area contributed by atoms with Crippen LogP contribution in [0.4, 0.5) is 0 Å². The lowest BCUT2D eigenvalue weighted by molar-refractivity contribution is 0.282. The second-order valence-corrected chi connectivity index (χ2v) is 8.81. The minimum atomic E-state index is -0.315. The quantitative estimate of drug-likeness (QED) is 0.240. The highest BCUT2D eigenvalue weighted by atomic mass is 16.5. The molecule has 0 saturated heterocycles. The van der Waals surface area contributed by atoms with Gasteiger partial charge in [-0.15, -0.1) is 0 Å². The fourth-order valence-electron chi connectivity index (χ4n) is 4.34. The molecule has 0 saturated carbocycles. The molecule has 0 fully saturated rings. The van der Waals surface area contributed by atoms with Gasteiger partial charge in [0, 0.05) is 29.9 Å². The van der Waals surface area contributed by atoms with Crippen LogP contribution in [0.2, 0.25) is 0 Å². The van der Waals surface area contributed by atoms with Gasteiger partial charge in [-0.25, -0.2) is 0 Å². The number of ether oxygens (including phenoxy) is 1. The van der Waals surface area contributed by atoms with Crippen molar-refractivity contribution in [2.45, 2.75) is 70.6 Å². The number of rotatable bonds is 14. The van der Waals surface area contributed by atoms with Gasteiger partial charge >= 0.3 is 0 Å². The van der Waals surface area contributed by atoms with Crippen molar-refractivity contribution < 1.29 is 24.5 Å². The lowest BCUT2D eigenvalue weighted by Gasteiger charge is -2.13. The highest BCUT2D eigenvalue weighted by Gasteiger charge is 2.18. The van der Waals surface area contributed by atoms with Crippen molar-refractivity contribution in [3.63, 3.8) is 0 Å². The molecule has 184 valence electrons. The molecule has 0 spiro atoms. The van der Waals surface area contributed by atoms with Gasteiger partial charge in [0.1, 0.15) is 34.0 Å². The lowest BCUT2D eigenvalue weighted by atomic mass is 10.00. The number of aliphatic hydroxyl groups is 1. The van der Waals surface area contributed by atoms with Crippen LogP contribution in [0.3, 0.4) is 0 Å². The number of methoxy groups -OCH3 is 1. The van der Waals surface area contributed by atoms with E-state index in [1.165, 1.54) is 50.3 Å². The van der Waals surface area contributed by atoms with E-state index in [1.807, 2.05) is 0 Å². The van der Waals surface area contributed by atoms with Gasteiger partial charge in [0.25, 0.3) is 0 Å². The Balaban J connectivity index is 1.62. The molecule has 2 aromatic carbocycles. The topological polar surface area (TPSA) is 100 Å². The second-order valence-electron chi connectivity index (χ2n) is 8.81. The predicted octanol–water partition coefficient (Wildman–Crippen LogP) is 6.32. The van der Waals surface area contributed by atoms with Gasteiger partial charge in [-0.1, -0.05) is 51.4 Å². The van der Waals surface area contributed by atoms with Crippen molar-refractivity contribution in [2.24, 2.45) is 0 Å². The molecule has 0 aliphatic rings. The van der Waals surface area contributed by atoms with Crippen LogP contribution in [-0.4, -0.2) is 29.0 Å². The Hall–Kier alpha value is -2.99. The molecule has 0 aliphatic heterocycles. The molecule has 0 unspecified atom stereocenters. The number of aliphatic hydroxyl groups excluding tert-OH is 1. The first-order valence-corrected chi connectivity index (χ1v) is 12.3. The van der Waals surface area contributed by atoms with E-state index in [-0.39, 0.29) is 27.9 Å². The summed E-state index contributed by atoms with van der Waals surface area (Å²) in [5.74, 6) is 0.937. The van der Waals surface area contributed by atoms with E-state index in [1.54, 1.807) is 25.3 Å². The maximum atomic E-state index is 12.8. The van der Waals surface area contributed by atoms with E-state index in [9.17, 15) is 15.0 Å². The fourth-order valence-corrected chi connectivity index (χ4v) is 4.34. The Bertz CT molecular complexity index is 1100. The largest absolute Gasteiger partial charge is 0.508 e. The Morgan fingerprint density at radius 3 is 2.00 bits per heavy atom. The Kier molecular flexibility index (Phi) is 9.83. The van der Waals surface area contributed by atoms with E-state index in [2.05, 4.69) is 0 Å². The van der Waals surface area contributed by atoms with E-state index in [0.29, 0.717) is 35.7 Å². The van der Waals surface area contributed by atoms with Crippen molar-refractivity contribution in [3.8, 4) is 28.6 Å². The minimum Gasteiger partial charge on any atom is -0.508 e. The number of aromatic hydroxyl groups is 2. The van der Waals surface area contributed by atoms with Crippen molar-refractivity contribution in [1.82, 2.24) is 0 Å². The molecule has 0 bridgehead atoms. The average molecular weight is 469 g/mol. The summed E-state index contributed by atoms with van der Waals surface area (Å²) >= 11 is 0. The van der Waals surface area contributed by atoms with Gasteiger partial charge in [-0.3, -0.25) is 4.79 Å². The van der Waals surface area contributed by atoms with Gasteiger partial charge in [-0.05, 0) is 43.5 Å². The molecule has 6 heteroatoms. The van der Waals surface area contributed by atoms with Gasteiger partial charge in [0.2, 0.25) is 0 Å². The Labute approximate surface area is 200 Å². The van der Waals surface area contributed by atoms with E-state index >= 15 is 0 Å². The van der Waals surface area contributed by atoms with Crippen molar-refractivity contribution in [3.05, 3.63) is 52.2 Å². The Morgan fingerprint density at radius 1 is 0.824 bits per heavy atom. The molecule has 34 heavy (non-hydrogen) atoms. The first kappa shape index (κ1) is 25.6. The third-order valence-corrected chi connectivity index (χ3v) is 6.26. The molecular formula is C28H36O6. The third kappa shape index (κ3) is 6.76. The highest BCUT2D eigenvalue weighted by molar-refractivity contribution is 5.88. The zero-order chi connectivity index (χ0) is 24.3. The molecule has 3 N–H and O–H groups in total. The molecule has 1 aromatic heterocycles. The van der Waals surface area contributed by atoms with Gasteiger partial charge < -0.3 is 24.5 Å². The van der Waals surface area contributed by atoms with Gasteiger partial charge in [0.15, 0.2) is 5.43 Å². The molecule has 1 heterocycles. The maximum absolute atomic E-state index is 12.8. The smallest absolute Gasteiger partial charge is 0.197 e. The number of phenolic OH excluding ortho intramolecular Hbond substituents is 2. The number of fused-ring (bicyclic) bond motifs is 1. The summed E-state index contributed by atoms with van der Waals surface area (Å²) in [6, 6.07) is 9.44. The SMILES string of the molecule is COc1cc2oc(-c3ccc(O)cc3)cc(=O)c2c(O)c1CCCCCCCCCCCCO. The number of hydrogen-bond acceptors (Lipinski definition) is 6. The van der Waals surface area contributed by atoms with Crippen LogP contribution >= 0.6 is 0 Å². The van der Waals surface area contributed by atoms with Crippen LogP contribution in [0.5, 0.6) is 17.2 Å². The average Bonchev–Trinajstić information content (AvgIpc) is 2.83. The molecule has 0 amide bonds. The van der Waals surface area contributed by atoms with Crippen molar-refractivity contribution in [2.75, 3.05) is 13.7 Å². The van der Waals surface area contributed by atoms with Crippen molar-refractivity contribution >= 4 is 11.0 Å². The van der Waals surface area contributed by atoms with Crippen LogP contribution < -0.4 is 10.2 Å². The van der Waals surface area contributed by atoms with Gasteiger partial charge in [-0.2, -0.15) is 0 Å². The molecular weight excluding hydrogens is 432 g/mol. The number of unbranched alkanes of at least 4 members (excludes halogenated alkanes) is 9. The summed E-state index contributed by atoms with van der Waals surface area (Å²) in [5, 5.41) is 29.4. The summed E-state index contributed by atoms with van der Waals surface area (Å²) in [4.78, 5) is 12.8. The van der Waals surface area contributed by atoms with Crippen LogP contribution in [0, 0.1) is 0 Å².